The molecule has 1 atom stereocenters. The number of hydrogen-bond donors (Lipinski definition) is 1. The first-order valence-electron chi connectivity index (χ1n) is 8.65. The molecule has 2 aromatic heterocycles. The summed E-state index contributed by atoms with van der Waals surface area (Å²) in [4.78, 5) is 16.2. The SMILES string of the molecule is CCn1cc(-c2noc(CNC(=O)CCCCC3CCSS3)n2)cn1. The van der Waals surface area contributed by atoms with Crippen molar-refractivity contribution in [1.82, 2.24) is 25.2 Å². The average molecular weight is 382 g/mol. The number of aryl methyl sites for hydroxylation is 1. The van der Waals surface area contributed by atoms with E-state index in [1.165, 1.54) is 18.6 Å². The van der Waals surface area contributed by atoms with Crippen LogP contribution in [0.2, 0.25) is 0 Å². The van der Waals surface area contributed by atoms with Crippen molar-refractivity contribution in [3.05, 3.63) is 18.3 Å². The maximum Gasteiger partial charge on any atom is 0.246 e. The number of rotatable bonds is 9. The zero-order chi connectivity index (χ0) is 17.5. The minimum atomic E-state index is 0.0343. The molecule has 1 saturated heterocycles. The van der Waals surface area contributed by atoms with Gasteiger partial charge >= 0.3 is 0 Å². The molecule has 9 heteroatoms. The molecule has 2 aromatic rings. The molecule has 0 aromatic carbocycles. The predicted molar refractivity (Wildman–Crippen MR) is 100.0 cm³/mol. The van der Waals surface area contributed by atoms with E-state index < -0.39 is 0 Å². The molecule has 1 unspecified atom stereocenters. The third-order valence-electron chi connectivity index (χ3n) is 4.03. The molecule has 1 amide bonds. The highest BCUT2D eigenvalue weighted by atomic mass is 33.1. The van der Waals surface area contributed by atoms with E-state index in [4.69, 9.17) is 4.52 Å². The van der Waals surface area contributed by atoms with E-state index in [-0.39, 0.29) is 12.5 Å². The van der Waals surface area contributed by atoms with Gasteiger partial charge in [0.05, 0.1) is 18.3 Å². The molecule has 1 aliphatic heterocycles. The summed E-state index contributed by atoms with van der Waals surface area (Å²) in [5.41, 5.74) is 0.811. The molecule has 0 radical (unpaired) electrons. The lowest BCUT2D eigenvalue weighted by Gasteiger charge is -2.06. The smallest absolute Gasteiger partial charge is 0.246 e. The fraction of sp³-hybridized carbons (Fsp3) is 0.625. The Balaban J connectivity index is 1.35. The van der Waals surface area contributed by atoms with Gasteiger partial charge in [0, 0.05) is 30.2 Å². The molecule has 3 heterocycles. The molecule has 1 N–H and O–H groups in total. The number of nitrogens with zero attached hydrogens (tertiary/aromatic N) is 4. The number of amides is 1. The molecule has 7 nitrogen and oxygen atoms in total. The number of nitrogens with one attached hydrogen (secondary N) is 1. The Morgan fingerprint density at radius 1 is 1.48 bits per heavy atom. The summed E-state index contributed by atoms with van der Waals surface area (Å²) in [6.07, 6.45) is 8.68. The molecule has 0 aliphatic carbocycles. The van der Waals surface area contributed by atoms with Gasteiger partial charge in [-0.1, -0.05) is 33.2 Å². The van der Waals surface area contributed by atoms with Gasteiger partial charge in [0.1, 0.15) is 0 Å². The summed E-state index contributed by atoms with van der Waals surface area (Å²) in [6, 6.07) is 0. The van der Waals surface area contributed by atoms with Crippen LogP contribution in [0, 0.1) is 0 Å². The van der Waals surface area contributed by atoms with Crippen molar-refractivity contribution in [2.45, 2.75) is 57.4 Å². The number of carbonyl (C=O) groups is 1. The number of hydrogen-bond acceptors (Lipinski definition) is 7. The second-order valence-electron chi connectivity index (χ2n) is 5.95. The standard InChI is InChI=1S/C16H23N5O2S2/c1-2-21-11-12(9-18-21)16-19-15(23-20-16)10-17-14(22)6-4-3-5-13-7-8-24-25-13/h9,11,13H,2-8,10H2,1H3,(H,17,22). The zero-order valence-corrected chi connectivity index (χ0v) is 15.9. The van der Waals surface area contributed by atoms with Crippen molar-refractivity contribution < 1.29 is 9.32 Å². The lowest BCUT2D eigenvalue weighted by atomic mass is 10.1. The summed E-state index contributed by atoms with van der Waals surface area (Å²) in [5.74, 6) is 2.20. The predicted octanol–water partition coefficient (Wildman–Crippen LogP) is 3.28. The van der Waals surface area contributed by atoms with Crippen LogP contribution in [-0.4, -0.2) is 36.8 Å². The molecule has 0 bridgehead atoms. The zero-order valence-electron chi connectivity index (χ0n) is 14.3. The average Bonchev–Trinajstić information content (AvgIpc) is 3.38. The Morgan fingerprint density at radius 2 is 2.40 bits per heavy atom. The minimum Gasteiger partial charge on any atom is -0.347 e. The monoisotopic (exact) mass is 381 g/mol. The van der Waals surface area contributed by atoms with E-state index in [9.17, 15) is 4.79 Å². The highest BCUT2D eigenvalue weighted by Gasteiger charge is 2.16. The van der Waals surface area contributed by atoms with Crippen LogP contribution in [0.15, 0.2) is 16.9 Å². The Bertz CT molecular complexity index is 682. The minimum absolute atomic E-state index is 0.0343. The van der Waals surface area contributed by atoms with Crippen molar-refractivity contribution in [3.8, 4) is 11.4 Å². The van der Waals surface area contributed by atoms with Gasteiger partial charge in [0.2, 0.25) is 17.6 Å². The molecule has 25 heavy (non-hydrogen) atoms. The van der Waals surface area contributed by atoms with Crippen LogP contribution in [-0.2, 0) is 17.9 Å². The fourth-order valence-electron chi connectivity index (χ4n) is 2.58. The Kier molecular flexibility index (Phi) is 6.80. The quantitative estimate of drug-likeness (QED) is 0.527. The molecule has 0 spiro atoms. The van der Waals surface area contributed by atoms with Crippen LogP contribution < -0.4 is 5.32 Å². The Morgan fingerprint density at radius 3 is 3.16 bits per heavy atom. The molecule has 1 fully saturated rings. The third kappa shape index (κ3) is 5.50. The van der Waals surface area contributed by atoms with Gasteiger partial charge in [-0.2, -0.15) is 10.1 Å². The van der Waals surface area contributed by atoms with Crippen molar-refractivity contribution >= 4 is 27.5 Å². The van der Waals surface area contributed by atoms with E-state index in [0.717, 1.165) is 30.2 Å². The van der Waals surface area contributed by atoms with Crippen molar-refractivity contribution in [3.63, 3.8) is 0 Å². The lowest BCUT2D eigenvalue weighted by molar-refractivity contribution is -0.121. The topological polar surface area (TPSA) is 85.8 Å². The summed E-state index contributed by atoms with van der Waals surface area (Å²) in [6.45, 7) is 3.07. The molecule has 3 rings (SSSR count). The van der Waals surface area contributed by atoms with E-state index >= 15 is 0 Å². The van der Waals surface area contributed by atoms with Gasteiger partial charge in [0.25, 0.3) is 0 Å². The summed E-state index contributed by atoms with van der Waals surface area (Å²) < 4.78 is 6.99. The van der Waals surface area contributed by atoms with Crippen LogP contribution in [0.1, 0.15) is 44.9 Å². The van der Waals surface area contributed by atoms with Gasteiger partial charge in [-0.05, 0) is 26.2 Å². The van der Waals surface area contributed by atoms with Crippen molar-refractivity contribution in [1.29, 1.82) is 0 Å². The van der Waals surface area contributed by atoms with Crippen molar-refractivity contribution in [2.75, 3.05) is 5.75 Å². The first-order chi connectivity index (χ1) is 12.2. The molecular formula is C16H23N5O2S2. The summed E-state index contributed by atoms with van der Waals surface area (Å²) in [5, 5.41) is 11.7. The number of aromatic nitrogens is 4. The van der Waals surface area contributed by atoms with Gasteiger partial charge in [-0.15, -0.1) is 0 Å². The number of carbonyl (C=O) groups excluding carboxylic acids is 1. The van der Waals surface area contributed by atoms with Crippen LogP contribution in [0.5, 0.6) is 0 Å². The maximum absolute atomic E-state index is 11.9. The first-order valence-corrected chi connectivity index (χ1v) is 11.0. The first kappa shape index (κ1) is 18.3. The Labute approximate surface area is 155 Å². The normalized spacial score (nSPS) is 17.1. The van der Waals surface area contributed by atoms with Gasteiger partial charge in [-0.25, -0.2) is 0 Å². The second kappa shape index (κ2) is 9.28. The van der Waals surface area contributed by atoms with Crippen LogP contribution >= 0.6 is 21.6 Å². The summed E-state index contributed by atoms with van der Waals surface area (Å²) >= 11 is 0. The summed E-state index contributed by atoms with van der Waals surface area (Å²) in [7, 11) is 3.96. The maximum atomic E-state index is 11.9. The lowest BCUT2D eigenvalue weighted by Crippen LogP contribution is -2.22. The van der Waals surface area contributed by atoms with E-state index in [2.05, 4.69) is 20.6 Å². The molecule has 0 saturated carbocycles. The van der Waals surface area contributed by atoms with Gasteiger partial charge in [-0.3, -0.25) is 9.48 Å². The van der Waals surface area contributed by atoms with E-state index in [1.54, 1.807) is 10.9 Å². The van der Waals surface area contributed by atoms with Crippen molar-refractivity contribution in [2.24, 2.45) is 0 Å². The Hall–Kier alpha value is -1.48. The van der Waals surface area contributed by atoms with Crippen LogP contribution in [0.3, 0.4) is 0 Å². The van der Waals surface area contributed by atoms with Gasteiger partial charge in [0.15, 0.2) is 0 Å². The third-order valence-corrected chi connectivity index (χ3v) is 7.03. The highest BCUT2D eigenvalue weighted by molar-refractivity contribution is 8.77. The number of unbranched alkanes of at least 4 members (excludes halogenated alkanes) is 1. The molecular weight excluding hydrogens is 358 g/mol. The highest BCUT2D eigenvalue weighted by Crippen LogP contribution is 2.39. The molecule has 136 valence electrons. The largest absolute Gasteiger partial charge is 0.347 e. The van der Waals surface area contributed by atoms with Crippen LogP contribution in [0.25, 0.3) is 11.4 Å². The fourth-order valence-corrected chi connectivity index (χ4v) is 5.61. The van der Waals surface area contributed by atoms with Gasteiger partial charge < -0.3 is 9.84 Å². The second-order valence-corrected chi connectivity index (χ2v) is 8.74. The van der Waals surface area contributed by atoms with Crippen LogP contribution in [0.4, 0.5) is 0 Å². The molecule has 1 aliphatic rings. The van der Waals surface area contributed by atoms with E-state index in [1.807, 2.05) is 34.7 Å². The van der Waals surface area contributed by atoms with E-state index in [0.29, 0.717) is 18.1 Å².